The van der Waals surface area contributed by atoms with Crippen LogP contribution in [0.25, 0.3) is 0 Å². The second-order valence-electron chi connectivity index (χ2n) is 3.33. The van der Waals surface area contributed by atoms with E-state index in [1.54, 1.807) is 0 Å². The minimum absolute atomic E-state index is 0. The van der Waals surface area contributed by atoms with Crippen LogP contribution in [-0.2, 0) is 9.59 Å². The number of carboxylic acids is 1. The Kier molecular flexibility index (Phi) is 4.12. The average molecular weight is 285 g/mol. The van der Waals surface area contributed by atoms with E-state index < -0.39 is 12.0 Å². The number of amides is 1. The molecule has 0 aliphatic carbocycles. The number of hydrogen-bond donors (Lipinski definition) is 2. The lowest BCUT2D eigenvalue weighted by Gasteiger charge is -2.47. The van der Waals surface area contributed by atoms with Crippen molar-refractivity contribution in [2.75, 3.05) is 11.6 Å². The Morgan fingerprint density at radius 1 is 1.69 bits per heavy atom. The van der Waals surface area contributed by atoms with E-state index in [1.165, 1.54) is 16.7 Å². The molecule has 0 aromatic rings. The molecule has 3 N–H and O–H groups in total. The highest BCUT2D eigenvalue weighted by atomic mass is 35.5. The van der Waals surface area contributed by atoms with Crippen molar-refractivity contribution >= 4 is 47.6 Å². The van der Waals surface area contributed by atoms with Gasteiger partial charge < -0.3 is 10.8 Å². The van der Waals surface area contributed by atoms with Crippen molar-refractivity contribution in [2.24, 2.45) is 5.73 Å². The molecule has 8 heteroatoms. The number of halogens is 2. The molecule has 0 saturated carbocycles. The van der Waals surface area contributed by atoms with Crippen LogP contribution in [0.2, 0.25) is 0 Å². The van der Waals surface area contributed by atoms with Crippen LogP contribution in [0.3, 0.4) is 0 Å². The number of alkyl halides is 1. The zero-order chi connectivity index (χ0) is 11.2. The molecular formula is C8H10Cl2N2O3S. The van der Waals surface area contributed by atoms with Gasteiger partial charge in [0.05, 0.1) is 0 Å². The summed E-state index contributed by atoms with van der Waals surface area (Å²) in [5, 5.41) is 8.77. The second kappa shape index (κ2) is 4.83. The number of carbonyl (C=O) groups excluding carboxylic acids is 1. The smallest absolute Gasteiger partial charge is 0.352 e. The van der Waals surface area contributed by atoms with Crippen molar-refractivity contribution in [2.45, 2.75) is 11.4 Å². The van der Waals surface area contributed by atoms with Crippen molar-refractivity contribution < 1.29 is 14.7 Å². The largest absolute Gasteiger partial charge is 0.477 e. The molecule has 2 aliphatic rings. The highest BCUT2D eigenvalue weighted by Gasteiger charge is 2.51. The maximum atomic E-state index is 11.4. The van der Waals surface area contributed by atoms with Gasteiger partial charge in [0.1, 0.15) is 17.1 Å². The van der Waals surface area contributed by atoms with Crippen molar-refractivity contribution in [3.63, 3.8) is 0 Å². The van der Waals surface area contributed by atoms with Gasteiger partial charge in [0, 0.05) is 11.6 Å². The summed E-state index contributed by atoms with van der Waals surface area (Å²) in [6.45, 7) is 0. The zero-order valence-electron chi connectivity index (χ0n) is 8.05. The van der Waals surface area contributed by atoms with Crippen LogP contribution in [0, 0.1) is 0 Å². The third kappa shape index (κ3) is 1.79. The Labute approximate surface area is 107 Å². The summed E-state index contributed by atoms with van der Waals surface area (Å²) in [5.41, 5.74) is 6.15. The lowest BCUT2D eigenvalue weighted by atomic mass is 10.0. The number of nitrogens with zero attached hydrogens (tertiary/aromatic N) is 1. The summed E-state index contributed by atoms with van der Waals surface area (Å²) < 4.78 is 0. The molecule has 2 heterocycles. The van der Waals surface area contributed by atoms with Gasteiger partial charge in [-0.1, -0.05) is 0 Å². The molecular weight excluding hydrogens is 275 g/mol. The highest BCUT2D eigenvalue weighted by Crippen LogP contribution is 2.39. The molecule has 1 unspecified atom stereocenters. The lowest BCUT2D eigenvalue weighted by molar-refractivity contribution is -0.147. The number of nitrogens with two attached hydrogens (primary N) is 1. The number of hydrogen-bond acceptors (Lipinski definition) is 4. The van der Waals surface area contributed by atoms with Crippen molar-refractivity contribution in [1.82, 2.24) is 4.90 Å². The van der Waals surface area contributed by atoms with Gasteiger partial charge in [0.25, 0.3) is 0 Å². The number of β-lactam (4-membered cyclic amide) rings is 1. The zero-order valence-corrected chi connectivity index (χ0v) is 10.4. The minimum Gasteiger partial charge on any atom is -0.477 e. The van der Waals surface area contributed by atoms with Gasteiger partial charge in [0.15, 0.2) is 0 Å². The third-order valence-electron chi connectivity index (χ3n) is 2.45. The van der Waals surface area contributed by atoms with E-state index in [1.807, 2.05) is 0 Å². The molecule has 1 fully saturated rings. The van der Waals surface area contributed by atoms with E-state index in [0.717, 1.165) is 0 Å². The van der Waals surface area contributed by atoms with Crippen LogP contribution < -0.4 is 5.73 Å². The number of fused-ring (bicyclic) bond motifs is 1. The lowest BCUT2D eigenvalue weighted by Crippen LogP contribution is -2.68. The Bertz CT molecular complexity index is 374. The number of thioether (sulfide) groups is 1. The number of aliphatic carboxylic acids is 1. The molecule has 2 rings (SSSR count). The van der Waals surface area contributed by atoms with Crippen LogP contribution in [0.4, 0.5) is 0 Å². The van der Waals surface area contributed by atoms with E-state index in [9.17, 15) is 9.59 Å². The van der Waals surface area contributed by atoms with Crippen molar-refractivity contribution in [3.8, 4) is 0 Å². The van der Waals surface area contributed by atoms with Gasteiger partial charge in [-0.05, 0) is 5.57 Å². The summed E-state index contributed by atoms with van der Waals surface area (Å²) in [6, 6.07) is -0.582. The Hall–Kier alpha value is -0.430. The summed E-state index contributed by atoms with van der Waals surface area (Å²) in [4.78, 5) is 23.7. The summed E-state index contributed by atoms with van der Waals surface area (Å²) in [7, 11) is 0. The summed E-state index contributed by atoms with van der Waals surface area (Å²) in [5.74, 6) is -0.809. The quantitative estimate of drug-likeness (QED) is 0.560. The van der Waals surface area contributed by atoms with Crippen LogP contribution in [0.1, 0.15) is 0 Å². The fourth-order valence-corrected chi connectivity index (χ4v) is 3.31. The van der Waals surface area contributed by atoms with Gasteiger partial charge in [0.2, 0.25) is 5.91 Å². The maximum absolute atomic E-state index is 11.4. The fraction of sp³-hybridized carbons (Fsp3) is 0.500. The van der Waals surface area contributed by atoms with Crippen LogP contribution >= 0.6 is 35.8 Å². The van der Waals surface area contributed by atoms with Gasteiger partial charge in [-0.15, -0.1) is 35.8 Å². The third-order valence-corrected chi connectivity index (χ3v) is 4.14. The van der Waals surface area contributed by atoms with Crippen LogP contribution in [0.5, 0.6) is 0 Å². The minimum atomic E-state index is -1.11. The van der Waals surface area contributed by atoms with E-state index in [4.69, 9.17) is 22.4 Å². The molecule has 1 amide bonds. The SMILES string of the molecule is Cl.NC1C(=O)N2C(C(=O)O)=C(CCl)CS[C@H]12. The predicted molar refractivity (Wildman–Crippen MR) is 63.7 cm³/mol. The molecule has 0 radical (unpaired) electrons. The van der Waals surface area contributed by atoms with Gasteiger partial charge in [-0.3, -0.25) is 9.69 Å². The van der Waals surface area contributed by atoms with E-state index >= 15 is 0 Å². The first kappa shape index (κ1) is 13.6. The first-order chi connectivity index (χ1) is 7.07. The summed E-state index contributed by atoms with van der Waals surface area (Å²) >= 11 is 7.09. The summed E-state index contributed by atoms with van der Waals surface area (Å²) in [6.07, 6.45) is 0. The predicted octanol–water partition coefficient (Wildman–Crippen LogP) is 0.228. The molecule has 16 heavy (non-hydrogen) atoms. The molecule has 0 spiro atoms. The number of carbonyl (C=O) groups is 2. The first-order valence-electron chi connectivity index (χ1n) is 4.29. The first-order valence-corrected chi connectivity index (χ1v) is 5.87. The Balaban J connectivity index is 0.00000128. The molecule has 1 saturated heterocycles. The molecule has 0 aromatic heterocycles. The highest BCUT2D eigenvalue weighted by molar-refractivity contribution is 8.00. The van der Waals surface area contributed by atoms with Crippen molar-refractivity contribution in [3.05, 3.63) is 11.3 Å². The van der Waals surface area contributed by atoms with Crippen molar-refractivity contribution in [1.29, 1.82) is 0 Å². The molecule has 90 valence electrons. The molecule has 2 aliphatic heterocycles. The molecule has 0 bridgehead atoms. The standard InChI is InChI=1S/C8H9ClN2O3S.ClH/c9-1-3-2-15-7-4(10)6(12)11(7)5(3)8(13)14;/h4,7H,1-2,10H2,(H,13,14);1H/t4?,7-;/m1./s1. The van der Waals surface area contributed by atoms with Crippen LogP contribution in [-0.4, -0.2) is 44.9 Å². The van der Waals surface area contributed by atoms with E-state index in [0.29, 0.717) is 11.3 Å². The van der Waals surface area contributed by atoms with Gasteiger partial charge >= 0.3 is 5.97 Å². The van der Waals surface area contributed by atoms with E-state index in [-0.39, 0.29) is 35.3 Å². The molecule has 5 nitrogen and oxygen atoms in total. The van der Waals surface area contributed by atoms with E-state index in [2.05, 4.69) is 0 Å². The monoisotopic (exact) mass is 284 g/mol. The fourth-order valence-electron chi connectivity index (χ4n) is 1.68. The number of rotatable bonds is 2. The topological polar surface area (TPSA) is 83.6 Å². The average Bonchev–Trinajstić information content (AvgIpc) is 2.25. The number of carboxylic acid groups (broad SMARTS) is 1. The van der Waals surface area contributed by atoms with Gasteiger partial charge in [-0.2, -0.15) is 0 Å². The van der Waals surface area contributed by atoms with Gasteiger partial charge in [-0.25, -0.2) is 4.79 Å². The maximum Gasteiger partial charge on any atom is 0.352 e. The normalized spacial score (nSPS) is 28.1. The molecule has 2 atom stereocenters. The Morgan fingerprint density at radius 2 is 2.31 bits per heavy atom. The van der Waals surface area contributed by atoms with Crippen LogP contribution in [0.15, 0.2) is 11.3 Å². The Morgan fingerprint density at radius 3 is 2.81 bits per heavy atom. The molecule has 0 aromatic carbocycles. The second-order valence-corrected chi connectivity index (χ2v) is 4.70.